The van der Waals surface area contributed by atoms with Crippen molar-refractivity contribution in [2.45, 2.75) is 30.5 Å². The first-order valence-electron chi connectivity index (χ1n) is 7.20. The highest BCUT2D eigenvalue weighted by molar-refractivity contribution is 7.88. The molecule has 1 saturated heterocycles. The number of likely N-dealkylation sites (N-methyl/N-ethyl adjacent to an activating group) is 2. The van der Waals surface area contributed by atoms with Gasteiger partial charge in [0.2, 0.25) is 10.0 Å². The van der Waals surface area contributed by atoms with E-state index < -0.39 is 10.0 Å². The minimum atomic E-state index is -3.30. The van der Waals surface area contributed by atoms with Crippen LogP contribution >= 0.6 is 11.6 Å². The van der Waals surface area contributed by atoms with Gasteiger partial charge in [-0.3, -0.25) is 0 Å². The lowest BCUT2D eigenvalue weighted by molar-refractivity contribution is 0.187. The van der Waals surface area contributed by atoms with E-state index in [0.717, 1.165) is 37.1 Å². The molecule has 1 fully saturated rings. The van der Waals surface area contributed by atoms with Crippen LogP contribution in [0, 0.1) is 0 Å². The number of nitrogens with zero attached hydrogens (tertiary/aromatic N) is 2. The van der Waals surface area contributed by atoms with Gasteiger partial charge in [0.05, 0.1) is 5.75 Å². The molecule has 0 aromatic heterocycles. The van der Waals surface area contributed by atoms with Crippen molar-refractivity contribution in [2.75, 3.05) is 27.2 Å². The van der Waals surface area contributed by atoms with Crippen LogP contribution in [0.3, 0.4) is 0 Å². The fourth-order valence-electron chi connectivity index (χ4n) is 2.78. The third-order valence-corrected chi connectivity index (χ3v) is 6.23. The van der Waals surface area contributed by atoms with E-state index in [-0.39, 0.29) is 11.8 Å². The molecular formula is C15H23ClN2O2S. The lowest BCUT2D eigenvalue weighted by Crippen LogP contribution is -2.47. The molecule has 1 heterocycles. The standard InChI is InChI=1S/C15H23ClN2O2S/c1-17-8-4-7-15(11-17)18(2)21(19,20)12-14-6-3-5-13(9-14)10-16/h3,5-6,9,15H,4,7-8,10-12H2,1-2H3. The molecule has 1 unspecified atom stereocenters. The van der Waals surface area contributed by atoms with Crippen LogP contribution in [-0.4, -0.2) is 50.8 Å². The summed E-state index contributed by atoms with van der Waals surface area (Å²) in [6.07, 6.45) is 1.98. The lowest BCUT2D eigenvalue weighted by atomic mass is 10.1. The normalized spacial score (nSPS) is 20.9. The van der Waals surface area contributed by atoms with Crippen LogP contribution in [0.15, 0.2) is 24.3 Å². The van der Waals surface area contributed by atoms with Gasteiger partial charge in [-0.05, 0) is 37.6 Å². The number of hydrogen-bond donors (Lipinski definition) is 0. The number of sulfonamides is 1. The number of rotatable bonds is 5. The number of benzene rings is 1. The zero-order chi connectivity index (χ0) is 15.5. The Kier molecular flexibility index (Phi) is 5.66. The molecule has 1 aromatic carbocycles. The number of likely N-dealkylation sites (tertiary alicyclic amines) is 1. The van der Waals surface area contributed by atoms with Gasteiger partial charge < -0.3 is 4.90 Å². The molecule has 0 radical (unpaired) electrons. The molecule has 1 aliphatic rings. The van der Waals surface area contributed by atoms with Crippen LogP contribution < -0.4 is 0 Å². The van der Waals surface area contributed by atoms with Gasteiger partial charge in [-0.25, -0.2) is 12.7 Å². The minimum absolute atomic E-state index is 0.0362. The van der Waals surface area contributed by atoms with Gasteiger partial charge in [0.1, 0.15) is 0 Å². The first-order valence-corrected chi connectivity index (χ1v) is 9.35. The van der Waals surface area contributed by atoms with Gasteiger partial charge >= 0.3 is 0 Å². The summed E-state index contributed by atoms with van der Waals surface area (Å²) >= 11 is 5.81. The highest BCUT2D eigenvalue weighted by atomic mass is 35.5. The maximum absolute atomic E-state index is 12.6. The van der Waals surface area contributed by atoms with Crippen LogP contribution in [0.1, 0.15) is 24.0 Å². The fourth-order valence-corrected chi connectivity index (χ4v) is 4.38. The van der Waals surface area contributed by atoms with Crippen LogP contribution in [0.25, 0.3) is 0 Å². The lowest BCUT2D eigenvalue weighted by Gasteiger charge is -2.35. The molecule has 2 rings (SSSR count). The van der Waals surface area contributed by atoms with Gasteiger partial charge in [0.25, 0.3) is 0 Å². The molecule has 4 nitrogen and oxygen atoms in total. The van der Waals surface area contributed by atoms with Crippen molar-refractivity contribution in [1.29, 1.82) is 0 Å². The molecule has 0 spiro atoms. The Morgan fingerprint density at radius 3 is 2.76 bits per heavy atom. The molecule has 6 heteroatoms. The topological polar surface area (TPSA) is 40.6 Å². The molecule has 1 aromatic rings. The van der Waals surface area contributed by atoms with Crippen LogP contribution in [0.5, 0.6) is 0 Å². The quantitative estimate of drug-likeness (QED) is 0.778. The maximum atomic E-state index is 12.6. The Labute approximate surface area is 132 Å². The second kappa shape index (κ2) is 7.09. The average molecular weight is 331 g/mol. The van der Waals surface area contributed by atoms with Gasteiger partial charge in [-0.1, -0.05) is 24.3 Å². The van der Waals surface area contributed by atoms with E-state index in [4.69, 9.17) is 11.6 Å². The zero-order valence-corrected chi connectivity index (χ0v) is 14.2. The number of alkyl halides is 1. The summed E-state index contributed by atoms with van der Waals surface area (Å²) in [5, 5.41) is 0. The van der Waals surface area contributed by atoms with Gasteiger partial charge in [0.15, 0.2) is 0 Å². The summed E-state index contributed by atoms with van der Waals surface area (Å²) in [6, 6.07) is 7.55. The van der Waals surface area contributed by atoms with Crippen molar-refractivity contribution in [2.24, 2.45) is 0 Å². The van der Waals surface area contributed by atoms with Crippen molar-refractivity contribution in [3.05, 3.63) is 35.4 Å². The predicted molar refractivity (Wildman–Crippen MR) is 86.9 cm³/mol. The molecular weight excluding hydrogens is 308 g/mol. The van der Waals surface area contributed by atoms with Crippen molar-refractivity contribution >= 4 is 21.6 Å². The van der Waals surface area contributed by atoms with Crippen molar-refractivity contribution in [3.8, 4) is 0 Å². The number of halogens is 1. The second-order valence-corrected chi connectivity index (χ2v) is 8.08. The molecule has 0 saturated carbocycles. The molecule has 118 valence electrons. The first kappa shape index (κ1) is 16.7. The summed E-state index contributed by atoms with van der Waals surface area (Å²) in [4.78, 5) is 2.19. The molecule has 21 heavy (non-hydrogen) atoms. The predicted octanol–water partition coefficient (Wildman–Crippen LogP) is 2.28. The van der Waals surface area contributed by atoms with Crippen molar-refractivity contribution < 1.29 is 8.42 Å². The van der Waals surface area contributed by atoms with Gasteiger partial charge in [0, 0.05) is 25.5 Å². The summed E-state index contributed by atoms with van der Waals surface area (Å²) in [5.41, 5.74) is 1.74. The monoisotopic (exact) mass is 330 g/mol. The van der Waals surface area contributed by atoms with Crippen LogP contribution in [0.4, 0.5) is 0 Å². The Morgan fingerprint density at radius 2 is 2.10 bits per heavy atom. The number of hydrogen-bond acceptors (Lipinski definition) is 3. The number of piperidine rings is 1. The maximum Gasteiger partial charge on any atom is 0.218 e. The van der Waals surface area contributed by atoms with E-state index in [9.17, 15) is 8.42 Å². The fraction of sp³-hybridized carbons (Fsp3) is 0.600. The highest BCUT2D eigenvalue weighted by Gasteiger charge is 2.29. The SMILES string of the molecule is CN1CCCC(N(C)S(=O)(=O)Cc2cccc(CCl)c2)C1. The Bertz CT molecular complexity index is 577. The molecule has 0 aliphatic carbocycles. The first-order chi connectivity index (χ1) is 9.92. The largest absolute Gasteiger partial charge is 0.305 e. The summed E-state index contributed by atoms with van der Waals surface area (Å²) < 4.78 is 26.7. The average Bonchev–Trinajstić information content (AvgIpc) is 2.46. The van der Waals surface area contributed by atoms with Crippen molar-refractivity contribution in [1.82, 2.24) is 9.21 Å². The van der Waals surface area contributed by atoms with E-state index in [0.29, 0.717) is 5.88 Å². The van der Waals surface area contributed by atoms with Gasteiger partial charge in [-0.15, -0.1) is 11.6 Å². The molecule has 0 N–H and O–H groups in total. The van der Waals surface area contributed by atoms with Crippen LogP contribution in [-0.2, 0) is 21.7 Å². The third kappa shape index (κ3) is 4.42. The molecule has 1 aliphatic heterocycles. The Morgan fingerprint density at radius 1 is 1.38 bits per heavy atom. The van der Waals surface area contributed by atoms with E-state index in [2.05, 4.69) is 4.90 Å². The molecule has 0 amide bonds. The van der Waals surface area contributed by atoms with E-state index >= 15 is 0 Å². The minimum Gasteiger partial charge on any atom is -0.305 e. The highest BCUT2D eigenvalue weighted by Crippen LogP contribution is 2.19. The van der Waals surface area contributed by atoms with Crippen molar-refractivity contribution in [3.63, 3.8) is 0 Å². The smallest absolute Gasteiger partial charge is 0.218 e. The summed E-state index contributed by atoms with van der Waals surface area (Å²) in [6.45, 7) is 1.85. The Balaban J connectivity index is 2.09. The molecule has 0 bridgehead atoms. The van der Waals surface area contributed by atoms with E-state index in [1.165, 1.54) is 0 Å². The van der Waals surface area contributed by atoms with Gasteiger partial charge in [-0.2, -0.15) is 0 Å². The van der Waals surface area contributed by atoms with E-state index in [1.54, 1.807) is 11.4 Å². The molecule has 1 atom stereocenters. The Hall–Kier alpha value is -0.620. The summed E-state index contributed by atoms with van der Waals surface area (Å²) in [5.74, 6) is 0.436. The van der Waals surface area contributed by atoms with E-state index in [1.807, 2.05) is 31.3 Å². The third-order valence-electron chi connectivity index (χ3n) is 4.05. The zero-order valence-electron chi connectivity index (χ0n) is 12.6. The van der Waals surface area contributed by atoms with Crippen LogP contribution in [0.2, 0.25) is 0 Å². The second-order valence-electron chi connectivity index (χ2n) is 5.78. The summed E-state index contributed by atoms with van der Waals surface area (Å²) in [7, 11) is 0.439.